The molecule has 1 heterocycles. The minimum atomic E-state index is -4.77. The molecule has 134 valence electrons. The summed E-state index contributed by atoms with van der Waals surface area (Å²) in [5.74, 6) is -0.840. The number of hydrogen-bond acceptors (Lipinski definition) is 2. The highest BCUT2D eigenvalue weighted by Gasteiger charge is 2.41. The maximum Gasteiger partial charge on any atom is 0.435 e. The number of benzene rings is 1. The van der Waals surface area contributed by atoms with Crippen molar-refractivity contribution in [2.24, 2.45) is 18.7 Å². The van der Waals surface area contributed by atoms with E-state index in [1.54, 1.807) is 24.3 Å². The largest absolute Gasteiger partial charge is 0.435 e. The molecule has 0 saturated carbocycles. The van der Waals surface area contributed by atoms with Gasteiger partial charge in [0.05, 0.1) is 11.3 Å². The number of carbonyl (C=O) groups excluding carboxylic acids is 1. The molecule has 7 heteroatoms. The molecule has 0 fully saturated rings. The molecule has 0 radical (unpaired) electrons. The van der Waals surface area contributed by atoms with Crippen LogP contribution in [0.25, 0.3) is 16.8 Å². The van der Waals surface area contributed by atoms with Gasteiger partial charge in [0.15, 0.2) is 5.69 Å². The highest BCUT2D eigenvalue weighted by atomic mass is 19.4. The van der Waals surface area contributed by atoms with E-state index in [9.17, 15) is 18.0 Å². The summed E-state index contributed by atoms with van der Waals surface area (Å²) in [6, 6.07) is 6.87. The van der Waals surface area contributed by atoms with Crippen LogP contribution < -0.4 is 5.73 Å². The van der Waals surface area contributed by atoms with Crippen molar-refractivity contribution in [2.45, 2.75) is 26.4 Å². The van der Waals surface area contributed by atoms with Crippen LogP contribution in [0.1, 0.15) is 41.9 Å². The molecular weight excluding hydrogens is 331 g/mol. The topological polar surface area (TPSA) is 60.9 Å². The molecule has 25 heavy (non-hydrogen) atoms. The van der Waals surface area contributed by atoms with E-state index in [0.717, 1.165) is 10.3 Å². The molecule has 0 atom stereocenters. The lowest BCUT2D eigenvalue weighted by Crippen LogP contribution is -2.18. The Hall–Kier alpha value is -2.57. The molecule has 0 aliphatic heterocycles. The first-order chi connectivity index (χ1) is 11.5. The van der Waals surface area contributed by atoms with Crippen molar-refractivity contribution in [1.82, 2.24) is 9.78 Å². The van der Waals surface area contributed by atoms with E-state index in [-0.39, 0.29) is 5.69 Å². The second kappa shape index (κ2) is 6.74. The summed E-state index contributed by atoms with van der Waals surface area (Å²) in [5, 5.41) is 3.50. The van der Waals surface area contributed by atoms with E-state index in [0.29, 0.717) is 23.5 Å². The number of aromatic nitrogens is 2. The number of allylic oxidation sites excluding steroid dienone is 1. The predicted molar refractivity (Wildman–Crippen MR) is 90.7 cm³/mol. The van der Waals surface area contributed by atoms with Gasteiger partial charge in [-0.3, -0.25) is 9.48 Å². The van der Waals surface area contributed by atoms with Crippen molar-refractivity contribution < 1.29 is 18.0 Å². The van der Waals surface area contributed by atoms with Crippen LogP contribution in [0.5, 0.6) is 0 Å². The van der Waals surface area contributed by atoms with Crippen LogP contribution in [0.2, 0.25) is 0 Å². The van der Waals surface area contributed by atoms with E-state index < -0.39 is 23.3 Å². The molecule has 0 unspecified atom stereocenters. The van der Waals surface area contributed by atoms with Gasteiger partial charge in [-0.15, -0.1) is 0 Å². The quantitative estimate of drug-likeness (QED) is 0.875. The molecule has 4 nitrogen and oxygen atoms in total. The molecule has 0 aliphatic carbocycles. The standard InChI is InChI=1S/C18H20F3N3O/c1-10(2)9-11(3)12-7-5-6-8-13(12)15-14(17(22)25)16(18(19,20)21)23-24(15)4/h5-8,10H,3,9H2,1-2,4H3,(H2,22,25). The first-order valence-corrected chi connectivity index (χ1v) is 7.75. The van der Waals surface area contributed by atoms with Crippen molar-refractivity contribution in [3.8, 4) is 11.3 Å². The third-order valence-electron chi connectivity index (χ3n) is 3.78. The molecule has 2 rings (SSSR count). The van der Waals surface area contributed by atoms with Crippen molar-refractivity contribution in [3.63, 3.8) is 0 Å². The zero-order valence-electron chi connectivity index (χ0n) is 14.3. The van der Waals surface area contributed by atoms with Crippen molar-refractivity contribution in [2.75, 3.05) is 0 Å². The normalized spacial score (nSPS) is 11.8. The molecule has 2 N–H and O–H groups in total. The molecular formula is C18H20F3N3O. The van der Waals surface area contributed by atoms with Crippen molar-refractivity contribution >= 4 is 11.5 Å². The third kappa shape index (κ3) is 3.75. The number of carbonyl (C=O) groups is 1. The molecule has 0 spiro atoms. The van der Waals surface area contributed by atoms with Crippen molar-refractivity contribution in [3.05, 3.63) is 47.7 Å². The Labute approximate surface area is 144 Å². The summed E-state index contributed by atoms with van der Waals surface area (Å²) in [6.45, 7) is 8.09. The molecule has 2 aromatic rings. The zero-order chi connectivity index (χ0) is 18.9. The Kier molecular flexibility index (Phi) is 5.06. The van der Waals surface area contributed by atoms with Crippen LogP contribution >= 0.6 is 0 Å². The van der Waals surface area contributed by atoms with Crippen LogP contribution in [0, 0.1) is 5.92 Å². The minimum Gasteiger partial charge on any atom is -0.365 e. The van der Waals surface area contributed by atoms with Crippen molar-refractivity contribution in [1.29, 1.82) is 0 Å². The van der Waals surface area contributed by atoms with Gasteiger partial charge in [-0.2, -0.15) is 18.3 Å². The van der Waals surface area contributed by atoms with Crippen LogP contribution in [-0.4, -0.2) is 15.7 Å². The monoisotopic (exact) mass is 351 g/mol. The summed E-state index contributed by atoms with van der Waals surface area (Å²) in [4.78, 5) is 11.8. The average Bonchev–Trinajstić information content (AvgIpc) is 2.84. The van der Waals surface area contributed by atoms with E-state index in [1.807, 2.05) is 13.8 Å². The van der Waals surface area contributed by atoms with Gasteiger partial charge in [0.2, 0.25) is 0 Å². The maximum absolute atomic E-state index is 13.2. The SMILES string of the molecule is C=C(CC(C)C)c1ccccc1-c1c(C(N)=O)c(C(F)(F)F)nn1C. The minimum absolute atomic E-state index is 0.0420. The Balaban J connectivity index is 2.74. The van der Waals surface area contributed by atoms with Gasteiger partial charge in [-0.1, -0.05) is 44.7 Å². The van der Waals surface area contributed by atoms with Crippen LogP contribution in [-0.2, 0) is 13.2 Å². The lowest BCUT2D eigenvalue weighted by molar-refractivity contribution is -0.141. The number of halogens is 3. The summed E-state index contributed by atoms with van der Waals surface area (Å²) in [6.07, 6.45) is -4.10. The number of aryl methyl sites for hydroxylation is 1. The van der Waals surface area contributed by atoms with Gasteiger partial charge in [-0.25, -0.2) is 0 Å². The Morgan fingerprint density at radius 2 is 1.92 bits per heavy atom. The summed E-state index contributed by atoms with van der Waals surface area (Å²) < 4.78 is 40.8. The van der Waals surface area contributed by atoms with Gasteiger partial charge in [0.1, 0.15) is 0 Å². The summed E-state index contributed by atoms with van der Waals surface area (Å²) in [5.41, 5.74) is 5.30. The number of nitrogens with two attached hydrogens (primary N) is 1. The number of amides is 1. The second-order valence-corrected chi connectivity index (χ2v) is 6.30. The van der Waals surface area contributed by atoms with E-state index in [2.05, 4.69) is 11.7 Å². The first kappa shape index (κ1) is 18.8. The highest BCUT2D eigenvalue weighted by molar-refractivity contribution is 6.01. The molecule has 1 amide bonds. The first-order valence-electron chi connectivity index (χ1n) is 7.75. The molecule has 0 bridgehead atoms. The van der Waals surface area contributed by atoms with Crippen LogP contribution in [0.3, 0.4) is 0 Å². The average molecular weight is 351 g/mol. The molecule has 0 aliphatic rings. The van der Waals surface area contributed by atoms with Gasteiger partial charge in [0, 0.05) is 12.6 Å². The fourth-order valence-electron chi connectivity index (χ4n) is 2.87. The molecule has 1 aromatic heterocycles. The Bertz CT molecular complexity index is 819. The maximum atomic E-state index is 13.2. The van der Waals surface area contributed by atoms with Gasteiger partial charge < -0.3 is 5.73 Å². The number of primary amides is 1. The number of nitrogens with zero attached hydrogens (tertiary/aromatic N) is 2. The van der Waals surface area contributed by atoms with Crippen LogP contribution in [0.4, 0.5) is 13.2 Å². The number of hydrogen-bond donors (Lipinski definition) is 1. The smallest absolute Gasteiger partial charge is 0.365 e. The fraction of sp³-hybridized carbons (Fsp3) is 0.333. The van der Waals surface area contributed by atoms with E-state index >= 15 is 0 Å². The van der Waals surface area contributed by atoms with Crippen LogP contribution in [0.15, 0.2) is 30.8 Å². The number of alkyl halides is 3. The number of rotatable bonds is 5. The zero-order valence-corrected chi connectivity index (χ0v) is 14.3. The third-order valence-corrected chi connectivity index (χ3v) is 3.78. The summed E-state index contributed by atoms with van der Waals surface area (Å²) in [7, 11) is 1.36. The van der Waals surface area contributed by atoms with E-state index in [4.69, 9.17) is 5.73 Å². The molecule has 1 aromatic carbocycles. The second-order valence-electron chi connectivity index (χ2n) is 6.30. The lowest BCUT2D eigenvalue weighted by atomic mass is 9.91. The molecule has 0 saturated heterocycles. The Morgan fingerprint density at radius 1 is 1.32 bits per heavy atom. The fourth-order valence-corrected chi connectivity index (χ4v) is 2.87. The Morgan fingerprint density at radius 3 is 2.44 bits per heavy atom. The highest BCUT2D eigenvalue weighted by Crippen LogP contribution is 2.38. The lowest BCUT2D eigenvalue weighted by Gasteiger charge is -2.15. The van der Waals surface area contributed by atoms with Gasteiger partial charge in [-0.05, 0) is 23.5 Å². The van der Waals surface area contributed by atoms with E-state index in [1.165, 1.54) is 7.05 Å². The predicted octanol–water partition coefficient (Wildman–Crippen LogP) is 4.26. The van der Waals surface area contributed by atoms with Gasteiger partial charge >= 0.3 is 6.18 Å². The summed E-state index contributed by atoms with van der Waals surface area (Å²) >= 11 is 0. The van der Waals surface area contributed by atoms with Gasteiger partial charge in [0.25, 0.3) is 5.91 Å².